The Labute approximate surface area is 189 Å². The van der Waals surface area contributed by atoms with E-state index in [-0.39, 0.29) is 48.2 Å². The van der Waals surface area contributed by atoms with Crippen molar-refractivity contribution in [2.24, 2.45) is 0 Å². The Morgan fingerprint density at radius 1 is 1.15 bits per heavy atom. The summed E-state index contributed by atoms with van der Waals surface area (Å²) < 4.78 is 66.6. The number of carbonyl (C=O) groups is 2. The summed E-state index contributed by atoms with van der Waals surface area (Å²) in [5, 5.41) is 2.32. The van der Waals surface area contributed by atoms with Crippen molar-refractivity contribution in [2.75, 3.05) is 38.2 Å². The summed E-state index contributed by atoms with van der Waals surface area (Å²) in [6, 6.07) is 9.61. The molecule has 1 N–H and O–H groups in total. The number of amides is 1. The topological polar surface area (TPSA) is 111 Å². The molecular formula is C21H22F2N2O7S. The standard InChI is InChI=1S/C21H22F2N2O7S/c1-14-6-7-15(12-18(14)33(28,29)25-8-10-30-11-9-25)20(27)31-13-19(26)24-16-4-2-3-5-17(16)32-21(22)23/h2-7,12,21H,8-11,13H2,1H3,(H,24,26). The molecule has 3 rings (SSSR count). The average Bonchev–Trinajstić information content (AvgIpc) is 2.79. The van der Waals surface area contributed by atoms with Crippen LogP contribution in [-0.2, 0) is 24.3 Å². The zero-order valence-electron chi connectivity index (χ0n) is 17.6. The molecule has 0 bridgehead atoms. The first-order valence-corrected chi connectivity index (χ1v) is 11.3. The Kier molecular flexibility index (Phi) is 7.95. The van der Waals surface area contributed by atoms with Gasteiger partial charge in [0.25, 0.3) is 5.91 Å². The summed E-state index contributed by atoms with van der Waals surface area (Å²) in [5.41, 5.74) is 0.376. The number of sulfonamides is 1. The van der Waals surface area contributed by atoms with Gasteiger partial charge in [0.15, 0.2) is 6.61 Å². The molecule has 12 heteroatoms. The molecule has 0 aliphatic carbocycles. The second-order valence-electron chi connectivity index (χ2n) is 7.00. The molecule has 0 saturated carbocycles. The van der Waals surface area contributed by atoms with Crippen molar-refractivity contribution >= 4 is 27.6 Å². The summed E-state index contributed by atoms with van der Waals surface area (Å²) >= 11 is 0. The van der Waals surface area contributed by atoms with Gasteiger partial charge in [-0.1, -0.05) is 18.2 Å². The van der Waals surface area contributed by atoms with Crippen molar-refractivity contribution < 1.29 is 41.0 Å². The Morgan fingerprint density at radius 3 is 2.55 bits per heavy atom. The molecule has 2 aromatic rings. The first-order valence-electron chi connectivity index (χ1n) is 9.88. The molecule has 0 aromatic heterocycles. The fraction of sp³-hybridized carbons (Fsp3) is 0.333. The number of esters is 1. The minimum Gasteiger partial charge on any atom is -0.452 e. The van der Waals surface area contributed by atoms with E-state index in [1.165, 1.54) is 46.8 Å². The van der Waals surface area contributed by atoms with Crippen LogP contribution in [0.25, 0.3) is 0 Å². The highest BCUT2D eigenvalue weighted by molar-refractivity contribution is 7.89. The molecule has 33 heavy (non-hydrogen) atoms. The van der Waals surface area contributed by atoms with Crippen molar-refractivity contribution in [3.63, 3.8) is 0 Å². The van der Waals surface area contributed by atoms with Gasteiger partial charge in [0.05, 0.1) is 29.4 Å². The molecule has 1 fully saturated rings. The number of para-hydroxylation sites is 2. The first-order chi connectivity index (χ1) is 15.7. The van der Waals surface area contributed by atoms with Crippen LogP contribution >= 0.6 is 0 Å². The Balaban J connectivity index is 1.66. The van der Waals surface area contributed by atoms with Crippen LogP contribution in [0.5, 0.6) is 5.75 Å². The number of hydrogen-bond donors (Lipinski definition) is 1. The van der Waals surface area contributed by atoms with Crippen molar-refractivity contribution in [3.05, 3.63) is 53.6 Å². The van der Waals surface area contributed by atoms with E-state index in [4.69, 9.17) is 9.47 Å². The quantitative estimate of drug-likeness (QED) is 0.573. The summed E-state index contributed by atoms with van der Waals surface area (Å²) in [6.45, 7) is -1.23. The Morgan fingerprint density at radius 2 is 1.85 bits per heavy atom. The lowest BCUT2D eigenvalue weighted by Crippen LogP contribution is -2.40. The SMILES string of the molecule is Cc1ccc(C(=O)OCC(=O)Nc2ccccc2OC(F)F)cc1S(=O)(=O)N1CCOCC1. The lowest BCUT2D eigenvalue weighted by atomic mass is 10.1. The normalized spacial score (nSPS) is 14.7. The van der Waals surface area contributed by atoms with E-state index in [0.717, 1.165) is 0 Å². The van der Waals surface area contributed by atoms with Gasteiger partial charge in [-0.05, 0) is 36.8 Å². The highest BCUT2D eigenvalue weighted by Crippen LogP contribution is 2.26. The van der Waals surface area contributed by atoms with Crippen LogP contribution < -0.4 is 10.1 Å². The van der Waals surface area contributed by atoms with Crippen molar-refractivity contribution in [1.29, 1.82) is 0 Å². The summed E-state index contributed by atoms with van der Waals surface area (Å²) in [6.07, 6.45) is 0. The van der Waals surface area contributed by atoms with Crippen LogP contribution in [0.15, 0.2) is 47.4 Å². The minimum absolute atomic E-state index is 0.0203. The number of alkyl halides is 2. The zero-order chi connectivity index (χ0) is 24.0. The maximum absolute atomic E-state index is 12.9. The third kappa shape index (κ3) is 6.24. The fourth-order valence-electron chi connectivity index (χ4n) is 3.10. The molecule has 0 radical (unpaired) electrons. The number of anilines is 1. The maximum atomic E-state index is 12.9. The van der Waals surface area contributed by atoms with Gasteiger partial charge in [0.1, 0.15) is 5.75 Å². The zero-order valence-corrected chi connectivity index (χ0v) is 18.4. The lowest BCUT2D eigenvalue weighted by molar-refractivity contribution is -0.119. The number of halogens is 2. The van der Waals surface area contributed by atoms with E-state index in [1.54, 1.807) is 6.92 Å². The van der Waals surface area contributed by atoms with Crippen LogP contribution in [0.1, 0.15) is 15.9 Å². The molecule has 1 heterocycles. The smallest absolute Gasteiger partial charge is 0.387 e. The van der Waals surface area contributed by atoms with Crippen molar-refractivity contribution in [2.45, 2.75) is 18.4 Å². The summed E-state index contributed by atoms with van der Waals surface area (Å²) in [4.78, 5) is 24.5. The van der Waals surface area contributed by atoms with Crippen molar-refractivity contribution in [3.8, 4) is 5.75 Å². The number of rotatable bonds is 8. The van der Waals surface area contributed by atoms with Crippen LogP contribution in [0, 0.1) is 6.92 Å². The molecular weight excluding hydrogens is 462 g/mol. The molecule has 1 aliphatic heterocycles. The van der Waals surface area contributed by atoms with Gasteiger partial charge in [-0.2, -0.15) is 13.1 Å². The Hall–Kier alpha value is -3.09. The largest absolute Gasteiger partial charge is 0.452 e. The van der Waals surface area contributed by atoms with Crippen LogP contribution in [0.2, 0.25) is 0 Å². The van der Waals surface area contributed by atoms with Gasteiger partial charge in [-0.25, -0.2) is 13.2 Å². The minimum atomic E-state index is -3.84. The molecule has 0 atom stereocenters. The predicted molar refractivity (Wildman–Crippen MR) is 113 cm³/mol. The van der Waals surface area contributed by atoms with Gasteiger partial charge in [0.2, 0.25) is 10.0 Å². The van der Waals surface area contributed by atoms with Gasteiger partial charge >= 0.3 is 12.6 Å². The second-order valence-corrected chi connectivity index (χ2v) is 8.90. The van der Waals surface area contributed by atoms with Gasteiger partial charge < -0.3 is 19.5 Å². The van der Waals surface area contributed by atoms with Gasteiger partial charge in [0, 0.05) is 13.1 Å². The first kappa shape index (κ1) is 24.6. The highest BCUT2D eigenvalue weighted by Gasteiger charge is 2.28. The predicted octanol–water partition coefficient (Wildman–Crippen LogP) is 2.41. The van der Waals surface area contributed by atoms with Crippen LogP contribution in [0.4, 0.5) is 14.5 Å². The van der Waals surface area contributed by atoms with Gasteiger partial charge in [-0.3, -0.25) is 4.79 Å². The van der Waals surface area contributed by atoms with Crippen LogP contribution in [-0.4, -0.2) is 64.1 Å². The van der Waals surface area contributed by atoms with Crippen LogP contribution in [0.3, 0.4) is 0 Å². The summed E-state index contributed by atoms with van der Waals surface area (Å²) in [5.74, 6) is -1.95. The number of nitrogens with one attached hydrogen (secondary N) is 1. The number of benzene rings is 2. The number of hydrogen-bond acceptors (Lipinski definition) is 7. The molecule has 9 nitrogen and oxygen atoms in total. The number of ether oxygens (including phenoxy) is 3. The van der Waals surface area contributed by atoms with E-state index in [9.17, 15) is 26.8 Å². The molecule has 2 aromatic carbocycles. The molecule has 1 amide bonds. The number of nitrogens with zero attached hydrogens (tertiary/aromatic N) is 1. The van der Waals surface area contributed by atoms with Gasteiger partial charge in [-0.15, -0.1) is 0 Å². The monoisotopic (exact) mass is 484 g/mol. The number of carbonyl (C=O) groups excluding carboxylic acids is 2. The van der Waals surface area contributed by atoms with E-state index < -0.39 is 35.1 Å². The molecule has 1 saturated heterocycles. The van der Waals surface area contributed by atoms with Crippen molar-refractivity contribution in [1.82, 2.24) is 4.31 Å². The maximum Gasteiger partial charge on any atom is 0.387 e. The van der Waals surface area contributed by atoms with E-state index in [2.05, 4.69) is 10.1 Å². The van der Waals surface area contributed by atoms with E-state index >= 15 is 0 Å². The Bertz CT molecular complexity index is 1120. The molecule has 0 unspecified atom stereocenters. The molecule has 178 valence electrons. The average molecular weight is 484 g/mol. The van der Waals surface area contributed by atoms with E-state index in [0.29, 0.717) is 5.56 Å². The second kappa shape index (κ2) is 10.7. The van der Waals surface area contributed by atoms with E-state index in [1.807, 2.05) is 0 Å². The lowest BCUT2D eigenvalue weighted by Gasteiger charge is -2.26. The number of aryl methyl sites for hydroxylation is 1. The third-order valence-corrected chi connectivity index (χ3v) is 6.76. The third-order valence-electron chi connectivity index (χ3n) is 4.72. The number of morpholine rings is 1. The molecule has 0 spiro atoms. The highest BCUT2D eigenvalue weighted by atomic mass is 32.2. The summed E-state index contributed by atoms with van der Waals surface area (Å²) in [7, 11) is -3.84. The fourth-order valence-corrected chi connectivity index (χ4v) is 4.76. The molecule has 1 aliphatic rings.